The molecule has 0 radical (unpaired) electrons. The van der Waals surface area contributed by atoms with Crippen LogP contribution in [-0.2, 0) is 25.3 Å². The highest BCUT2D eigenvalue weighted by molar-refractivity contribution is 7.88. The molecular weight excluding hydrogens is 408 g/mol. The third kappa shape index (κ3) is 6.98. The molecular formula is C21H32N2O6S. The number of amides is 1. The predicted molar refractivity (Wildman–Crippen MR) is 115 cm³/mol. The van der Waals surface area contributed by atoms with Crippen LogP contribution in [0.15, 0.2) is 24.3 Å². The van der Waals surface area contributed by atoms with Crippen molar-refractivity contribution < 1.29 is 27.9 Å². The van der Waals surface area contributed by atoms with Crippen molar-refractivity contribution in [2.45, 2.75) is 83.2 Å². The smallest absolute Gasteiger partial charge is 0.412 e. The third-order valence-corrected chi connectivity index (χ3v) is 6.90. The zero-order chi connectivity index (χ0) is 22.5. The number of nitrogens with zero attached hydrogens (tertiary/aromatic N) is 1. The van der Waals surface area contributed by atoms with Gasteiger partial charge < -0.3 is 9.84 Å². The molecule has 0 aromatic heterocycles. The summed E-state index contributed by atoms with van der Waals surface area (Å²) in [6, 6.07) is 5.00. The quantitative estimate of drug-likeness (QED) is 0.663. The van der Waals surface area contributed by atoms with Crippen LogP contribution in [0.25, 0.3) is 0 Å². The molecule has 0 unspecified atom stereocenters. The van der Waals surface area contributed by atoms with Gasteiger partial charge in [0.2, 0.25) is 10.0 Å². The molecule has 2 rings (SSSR count). The molecule has 1 amide bonds. The topological polar surface area (TPSA) is 113 Å². The average molecular weight is 441 g/mol. The lowest BCUT2D eigenvalue weighted by Crippen LogP contribution is -2.50. The van der Waals surface area contributed by atoms with Crippen molar-refractivity contribution in [2.24, 2.45) is 0 Å². The fourth-order valence-electron chi connectivity index (χ4n) is 3.62. The summed E-state index contributed by atoms with van der Waals surface area (Å²) < 4.78 is 32.6. The first-order chi connectivity index (χ1) is 13.9. The zero-order valence-corrected chi connectivity index (χ0v) is 18.9. The molecule has 1 fully saturated rings. The maximum absolute atomic E-state index is 13.1. The molecule has 168 valence electrons. The Morgan fingerprint density at radius 1 is 1.17 bits per heavy atom. The Balaban J connectivity index is 2.13. The van der Waals surface area contributed by atoms with E-state index in [1.54, 1.807) is 45.0 Å². The minimum absolute atomic E-state index is 0.289. The molecule has 0 heterocycles. The summed E-state index contributed by atoms with van der Waals surface area (Å²) in [6.45, 7) is 6.70. The first kappa shape index (κ1) is 24.1. The van der Waals surface area contributed by atoms with E-state index in [0.717, 1.165) is 19.3 Å². The molecule has 0 aliphatic heterocycles. The van der Waals surface area contributed by atoms with Gasteiger partial charge in [-0.1, -0.05) is 31.4 Å². The van der Waals surface area contributed by atoms with Crippen molar-refractivity contribution in [3.8, 4) is 0 Å². The highest BCUT2D eigenvalue weighted by Crippen LogP contribution is 2.28. The van der Waals surface area contributed by atoms with E-state index in [4.69, 9.17) is 4.74 Å². The summed E-state index contributed by atoms with van der Waals surface area (Å²) in [4.78, 5) is 23.4. The lowest BCUT2D eigenvalue weighted by Gasteiger charge is -2.35. The van der Waals surface area contributed by atoms with Gasteiger partial charge >= 0.3 is 12.1 Å². The third-order valence-electron chi connectivity index (χ3n) is 4.94. The Morgan fingerprint density at radius 2 is 1.73 bits per heavy atom. The summed E-state index contributed by atoms with van der Waals surface area (Å²) in [5.74, 6) is -1.45. The molecule has 9 heteroatoms. The van der Waals surface area contributed by atoms with Gasteiger partial charge in [-0.2, -0.15) is 4.31 Å². The van der Waals surface area contributed by atoms with E-state index in [9.17, 15) is 23.1 Å². The lowest BCUT2D eigenvalue weighted by atomic mass is 9.95. The normalized spacial score (nSPS) is 16.8. The maximum atomic E-state index is 13.1. The summed E-state index contributed by atoms with van der Waals surface area (Å²) in [5.41, 5.74) is 0.373. The first-order valence-corrected chi connectivity index (χ1v) is 11.8. The zero-order valence-electron chi connectivity index (χ0n) is 18.1. The molecule has 1 aromatic rings. The highest BCUT2D eigenvalue weighted by atomic mass is 32.2. The number of carboxylic acid groups (broad SMARTS) is 1. The van der Waals surface area contributed by atoms with Gasteiger partial charge in [0.05, 0.1) is 5.75 Å². The van der Waals surface area contributed by atoms with Crippen LogP contribution in [0.1, 0.15) is 65.4 Å². The number of nitrogens with one attached hydrogen (secondary N) is 1. The molecule has 2 N–H and O–H groups in total. The molecule has 1 aromatic carbocycles. The molecule has 1 atom stereocenters. The number of carbonyl (C=O) groups excluding carboxylic acids is 1. The van der Waals surface area contributed by atoms with E-state index in [0.29, 0.717) is 24.1 Å². The molecule has 1 saturated carbocycles. The molecule has 0 bridgehead atoms. The van der Waals surface area contributed by atoms with Gasteiger partial charge in [0.15, 0.2) is 0 Å². The van der Waals surface area contributed by atoms with Crippen LogP contribution < -0.4 is 5.32 Å². The average Bonchev–Trinajstić information content (AvgIpc) is 2.62. The Hall–Kier alpha value is -2.13. The Bertz CT molecular complexity index is 839. The summed E-state index contributed by atoms with van der Waals surface area (Å²) >= 11 is 0. The number of ether oxygens (including phenoxy) is 1. The molecule has 0 spiro atoms. The summed E-state index contributed by atoms with van der Waals surface area (Å²) in [7, 11) is -3.84. The van der Waals surface area contributed by atoms with Crippen LogP contribution in [0.3, 0.4) is 0 Å². The van der Waals surface area contributed by atoms with E-state index in [1.165, 1.54) is 11.2 Å². The van der Waals surface area contributed by atoms with Gasteiger partial charge in [-0.05, 0) is 58.2 Å². The standard InChI is InChI=1S/C21H32N2O6S/c1-15(19(24)25)23(18-8-6-5-7-9-18)30(27,28)14-16-10-12-17(13-11-16)22-20(26)29-21(2,3)4/h10-13,15,18H,5-9,14H2,1-4H3,(H,22,26)(H,24,25)/t15-/m0/s1. The lowest BCUT2D eigenvalue weighted by molar-refractivity contribution is -0.141. The SMILES string of the molecule is C[C@@H](C(=O)O)N(C1CCCCC1)S(=O)(=O)Cc1ccc(NC(=O)OC(C)(C)C)cc1. The molecule has 8 nitrogen and oxygen atoms in total. The fourth-order valence-corrected chi connectivity index (χ4v) is 5.62. The minimum Gasteiger partial charge on any atom is -0.480 e. The molecule has 1 aliphatic rings. The van der Waals surface area contributed by atoms with E-state index in [-0.39, 0.29) is 11.8 Å². The number of anilines is 1. The van der Waals surface area contributed by atoms with E-state index in [1.807, 2.05) is 0 Å². The van der Waals surface area contributed by atoms with Crippen molar-refractivity contribution in [3.63, 3.8) is 0 Å². The second-order valence-electron chi connectivity index (χ2n) is 8.72. The Morgan fingerprint density at radius 3 is 2.23 bits per heavy atom. The molecule has 0 saturated heterocycles. The minimum atomic E-state index is -3.84. The summed E-state index contributed by atoms with van der Waals surface area (Å²) in [6.07, 6.45) is 3.59. The number of carboxylic acids is 1. The number of benzene rings is 1. The van der Waals surface area contributed by atoms with Crippen molar-refractivity contribution >= 4 is 27.8 Å². The number of aliphatic carboxylic acids is 1. The Kier molecular flexibility index (Phi) is 7.87. The van der Waals surface area contributed by atoms with E-state index in [2.05, 4.69) is 5.32 Å². The maximum Gasteiger partial charge on any atom is 0.412 e. The number of hydrogen-bond acceptors (Lipinski definition) is 5. The second kappa shape index (κ2) is 9.78. The number of carbonyl (C=O) groups is 2. The van der Waals surface area contributed by atoms with Gasteiger partial charge in [-0.15, -0.1) is 0 Å². The monoisotopic (exact) mass is 440 g/mol. The van der Waals surface area contributed by atoms with Crippen molar-refractivity contribution in [1.82, 2.24) is 4.31 Å². The van der Waals surface area contributed by atoms with Crippen LogP contribution in [0, 0.1) is 0 Å². The van der Waals surface area contributed by atoms with E-state index < -0.39 is 33.7 Å². The molecule has 1 aliphatic carbocycles. The largest absolute Gasteiger partial charge is 0.480 e. The Labute approximate surface area is 178 Å². The van der Waals surface area contributed by atoms with Gasteiger partial charge in [0.1, 0.15) is 11.6 Å². The van der Waals surface area contributed by atoms with Crippen LogP contribution in [0.2, 0.25) is 0 Å². The van der Waals surface area contributed by atoms with Crippen LogP contribution >= 0.6 is 0 Å². The number of rotatable bonds is 7. The van der Waals surface area contributed by atoms with Crippen LogP contribution in [0.4, 0.5) is 10.5 Å². The van der Waals surface area contributed by atoms with Crippen LogP contribution in [-0.4, -0.2) is 47.6 Å². The first-order valence-electron chi connectivity index (χ1n) is 10.2. The van der Waals surface area contributed by atoms with Gasteiger partial charge in [-0.25, -0.2) is 13.2 Å². The van der Waals surface area contributed by atoms with Crippen molar-refractivity contribution in [2.75, 3.05) is 5.32 Å². The summed E-state index contributed by atoms with van der Waals surface area (Å²) in [5, 5.41) is 12.1. The van der Waals surface area contributed by atoms with Gasteiger partial charge in [0, 0.05) is 11.7 Å². The van der Waals surface area contributed by atoms with Gasteiger partial charge in [-0.3, -0.25) is 10.1 Å². The predicted octanol–water partition coefficient (Wildman–Crippen LogP) is 3.97. The number of hydrogen-bond donors (Lipinski definition) is 2. The number of sulfonamides is 1. The highest BCUT2D eigenvalue weighted by Gasteiger charge is 2.37. The van der Waals surface area contributed by atoms with Crippen molar-refractivity contribution in [1.29, 1.82) is 0 Å². The molecule has 30 heavy (non-hydrogen) atoms. The van der Waals surface area contributed by atoms with Gasteiger partial charge in [0.25, 0.3) is 0 Å². The second-order valence-corrected chi connectivity index (χ2v) is 10.6. The van der Waals surface area contributed by atoms with E-state index >= 15 is 0 Å². The van der Waals surface area contributed by atoms with Crippen LogP contribution in [0.5, 0.6) is 0 Å². The van der Waals surface area contributed by atoms with Crippen molar-refractivity contribution in [3.05, 3.63) is 29.8 Å². The fraction of sp³-hybridized carbons (Fsp3) is 0.619.